The van der Waals surface area contributed by atoms with E-state index in [0.29, 0.717) is 6.04 Å². The second-order valence-electron chi connectivity index (χ2n) is 5.30. The topological polar surface area (TPSA) is 12.0 Å². The van der Waals surface area contributed by atoms with Gasteiger partial charge in [0, 0.05) is 10.9 Å². The first-order chi connectivity index (χ1) is 10.4. The molecule has 0 fully saturated rings. The Bertz CT molecular complexity index is 682. The molecule has 1 heterocycles. The smallest absolute Gasteiger partial charge is 0.0329 e. The van der Waals surface area contributed by atoms with Crippen LogP contribution in [0, 0.1) is 0 Å². The van der Waals surface area contributed by atoms with Gasteiger partial charge < -0.3 is 5.32 Å². The number of aryl methyl sites for hydroxylation is 1. The van der Waals surface area contributed by atoms with E-state index in [9.17, 15) is 0 Å². The van der Waals surface area contributed by atoms with Crippen molar-refractivity contribution in [3.63, 3.8) is 0 Å². The predicted molar refractivity (Wildman–Crippen MR) is 93.0 cm³/mol. The highest BCUT2D eigenvalue weighted by Gasteiger charge is 2.13. The second kappa shape index (κ2) is 6.88. The molecule has 0 saturated carbocycles. The molecule has 1 unspecified atom stereocenters. The minimum absolute atomic E-state index is 0.420. The van der Waals surface area contributed by atoms with Crippen molar-refractivity contribution in [3.8, 4) is 0 Å². The minimum atomic E-state index is 0.420. The van der Waals surface area contributed by atoms with E-state index in [1.165, 1.54) is 21.2 Å². The Kier molecular flexibility index (Phi) is 4.69. The van der Waals surface area contributed by atoms with Gasteiger partial charge in [0.2, 0.25) is 0 Å². The van der Waals surface area contributed by atoms with Crippen LogP contribution in [0.5, 0.6) is 0 Å². The predicted octanol–water partition coefficient (Wildman–Crippen LogP) is 5.18. The van der Waals surface area contributed by atoms with E-state index in [0.717, 1.165) is 19.4 Å². The van der Waals surface area contributed by atoms with Crippen LogP contribution in [0.2, 0.25) is 0 Å². The van der Waals surface area contributed by atoms with E-state index in [1.807, 2.05) is 11.3 Å². The van der Waals surface area contributed by atoms with Crippen LogP contribution in [0.25, 0.3) is 10.8 Å². The zero-order valence-electron chi connectivity index (χ0n) is 12.4. The summed E-state index contributed by atoms with van der Waals surface area (Å²) >= 11 is 1.85. The number of benzene rings is 2. The van der Waals surface area contributed by atoms with Crippen LogP contribution in [-0.2, 0) is 6.42 Å². The summed E-state index contributed by atoms with van der Waals surface area (Å²) in [5, 5.41) is 8.52. The zero-order valence-corrected chi connectivity index (χ0v) is 13.2. The molecule has 0 saturated heterocycles. The molecule has 2 heteroatoms. The first-order valence-electron chi connectivity index (χ1n) is 7.62. The van der Waals surface area contributed by atoms with Gasteiger partial charge in [0.1, 0.15) is 0 Å². The Morgan fingerprint density at radius 3 is 2.67 bits per heavy atom. The molecule has 0 bridgehead atoms. The van der Waals surface area contributed by atoms with Crippen molar-refractivity contribution in [3.05, 3.63) is 70.4 Å². The van der Waals surface area contributed by atoms with Crippen LogP contribution >= 0.6 is 11.3 Å². The molecule has 108 valence electrons. The van der Waals surface area contributed by atoms with E-state index in [1.54, 1.807) is 0 Å². The summed E-state index contributed by atoms with van der Waals surface area (Å²) in [5.74, 6) is 0. The summed E-state index contributed by atoms with van der Waals surface area (Å²) in [6, 6.07) is 20.1. The van der Waals surface area contributed by atoms with Gasteiger partial charge in [0.15, 0.2) is 0 Å². The van der Waals surface area contributed by atoms with Gasteiger partial charge in [-0.2, -0.15) is 0 Å². The molecule has 1 N–H and O–H groups in total. The molecular weight excluding hydrogens is 274 g/mol. The van der Waals surface area contributed by atoms with E-state index in [2.05, 4.69) is 72.2 Å². The monoisotopic (exact) mass is 295 g/mol. The van der Waals surface area contributed by atoms with Crippen LogP contribution < -0.4 is 5.32 Å². The van der Waals surface area contributed by atoms with Crippen molar-refractivity contribution in [2.75, 3.05) is 6.54 Å². The molecule has 2 aromatic carbocycles. The first-order valence-corrected chi connectivity index (χ1v) is 8.50. The highest BCUT2D eigenvalue weighted by atomic mass is 32.1. The SMILES string of the molecule is CCNC(CCc1cccs1)c1cccc2ccccc12. The largest absolute Gasteiger partial charge is 0.310 e. The molecule has 0 aliphatic heterocycles. The number of hydrogen-bond acceptors (Lipinski definition) is 2. The summed E-state index contributed by atoms with van der Waals surface area (Å²) < 4.78 is 0. The fourth-order valence-corrected chi connectivity index (χ4v) is 3.63. The first kappa shape index (κ1) is 14.3. The Morgan fingerprint density at radius 2 is 1.86 bits per heavy atom. The highest BCUT2D eigenvalue weighted by Crippen LogP contribution is 2.27. The molecular formula is C19H21NS. The van der Waals surface area contributed by atoms with Crippen molar-refractivity contribution in [2.45, 2.75) is 25.8 Å². The molecule has 0 spiro atoms. The van der Waals surface area contributed by atoms with Crippen molar-refractivity contribution in [1.82, 2.24) is 5.32 Å². The quantitative estimate of drug-likeness (QED) is 0.660. The third-order valence-electron chi connectivity index (χ3n) is 3.91. The van der Waals surface area contributed by atoms with Gasteiger partial charge in [-0.3, -0.25) is 0 Å². The van der Waals surface area contributed by atoms with Crippen LogP contribution in [0.1, 0.15) is 29.8 Å². The summed E-state index contributed by atoms with van der Waals surface area (Å²) in [5.41, 5.74) is 1.42. The Balaban J connectivity index is 1.88. The third-order valence-corrected chi connectivity index (χ3v) is 4.84. The van der Waals surface area contributed by atoms with Gasteiger partial charge >= 0.3 is 0 Å². The Labute approximate surface area is 130 Å². The number of fused-ring (bicyclic) bond motifs is 1. The fourth-order valence-electron chi connectivity index (χ4n) is 2.91. The summed E-state index contributed by atoms with van der Waals surface area (Å²) in [4.78, 5) is 1.47. The maximum absolute atomic E-state index is 3.66. The molecule has 21 heavy (non-hydrogen) atoms. The lowest BCUT2D eigenvalue weighted by atomic mass is 9.95. The lowest BCUT2D eigenvalue weighted by molar-refractivity contribution is 0.520. The van der Waals surface area contributed by atoms with E-state index in [-0.39, 0.29) is 0 Å². The van der Waals surface area contributed by atoms with Crippen LogP contribution in [0.15, 0.2) is 60.0 Å². The molecule has 0 amide bonds. The number of hydrogen-bond donors (Lipinski definition) is 1. The van der Waals surface area contributed by atoms with Gasteiger partial charge in [0.05, 0.1) is 0 Å². The van der Waals surface area contributed by atoms with Gasteiger partial charge in [0.25, 0.3) is 0 Å². The molecule has 3 aromatic rings. The maximum Gasteiger partial charge on any atom is 0.0329 e. The average molecular weight is 295 g/mol. The lowest BCUT2D eigenvalue weighted by Gasteiger charge is -2.20. The van der Waals surface area contributed by atoms with Gasteiger partial charge in [-0.15, -0.1) is 11.3 Å². The molecule has 3 rings (SSSR count). The third kappa shape index (κ3) is 3.34. The molecule has 1 nitrogen and oxygen atoms in total. The van der Waals surface area contributed by atoms with E-state index in [4.69, 9.17) is 0 Å². The number of rotatable bonds is 6. The number of nitrogens with one attached hydrogen (secondary N) is 1. The molecule has 0 aliphatic rings. The fraction of sp³-hybridized carbons (Fsp3) is 0.263. The normalized spacial score (nSPS) is 12.6. The van der Waals surface area contributed by atoms with Crippen LogP contribution in [0.3, 0.4) is 0 Å². The van der Waals surface area contributed by atoms with Crippen molar-refractivity contribution < 1.29 is 0 Å². The lowest BCUT2D eigenvalue weighted by Crippen LogP contribution is -2.21. The van der Waals surface area contributed by atoms with Gasteiger partial charge in [-0.25, -0.2) is 0 Å². The van der Waals surface area contributed by atoms with Gasteiger partial charge in [-0.1, -0.05) is 55.5 Å². The maximum atomic E-state index is 3.66. The summed E-state index contributed by atoms with van der Waals surface area (Å²) in [6.07, 6.45) is 2.28. The van der Waals surface area contributed by atoms with Crippen molar-refractivity contribution in [2.24, 2.45) is 0 Å². The summed E-state index contributed by atoms with van der Waals surface area (Å²) in [6.45, 7) is 3.18. The van der Waals surface area contributed by atoms with Crippen LogP contribution in [0.4, 0.5) is 0 Å². The second-order valence-corrected chi connectivity index (χ2v) is 6.33. The summed E-state index contributed by atoms with van der Waals surface area (Å²) in [7, 11) is 0. The Morgan fingerprint density at radius 1 is 1.00 bits per heavy atom. The van der Waals surface area contributed by atoms with Gasteiger partial charge in [-0.05, 0) is 47.2 Å². The number of thiophene rings is 1. The molecule has 1 atom stereocenters. The van der Waals surface area contributed by atoms with E-state index < -0.39 is 0 Å². The van der Waals surface area contributed by atoms with Crippen molar-refractivity contribution >= 4 is 22.1 Å². The minimum Gasteiger partial charge on any atom is -0.310 e. The average Bonchev–Trinajstić information content (AvgIpc) is 3.04. The standard InChI is InChI=1S/C19H21NS/c1-2-20-19(13-12-16-9-6-14-21-16)18-11-5-8-15-7-3-4-10-17(15)18/h3-11,14,19-20H,2,12-13H2,1H3. The molecule has 0 radical (unpaired) electrons. The Hall–Kier alpha value is -1.64. The van der Waals surface area contributed by atoms with Crippen LogP contribution in [-0.4, -0.2) is 6.54 Å². The highest BCUT2D eigenvalue weighted by molar-refractivity contribution is 7.09. The van der Waals surface area contributed by atoms with E-state index >= 15 is 0 Å². The zero-order chi connectivity index (χ0) is 14.5. The van der Waals surface area contributed by atoms with Crippen molar-refractivity contribution in [1.29, 1.82) is 0 Å². The molecule has 1 aromatic heterocycles. The molecule has 0 aliphatic carbocycles.